The highest BCUT2D eigenvalue weighted by atomic mass is 79.9. The molecule has 0 aromatic heterocycles. The van der Waals surface area contributed by atoms with E-state index >= 15 is 0 Å². The van der Waals surface area contributed by atoms with Crippen LogP contribution in [-0.4, -0.2) is 11.6 Å². The van der Waals surface area contributed by atoms with Crippen LogP contribution in [-0.2, 0) is 0 Å². The summed E-state index contributed by atoms with van der Waals surface area (Å²) in [7, 11) is 0. The van der Waals surface area contributed by atoms with Crippen LogP contribution in [0.3, 0.4) is 0 Å². The monoisotopic (exact) mass is 338 g/mol. The Balaban J connectivity index is 2.00. The molecule has 2 aliphatic heterocycles. The van der Waals surface area contributed by atoms with Crippen molar-refractivity contribution in [3.8, 4) is 0 Å². The van der Waals surface area contributed by atoms with Crippen LogP contribution in [0.4, 0.5) is 11.4 Å². The molecule has 0 radical (unpaired) electrons. The van der Waals surface area contributed by atoms with Crippen molar-refractivity contribution in [1.82, 2.24) is 0 Å². The number of carbonyl (C=O) groups excluding carboxylic acids is 1. The van der Waals surface area contributed by atoms with Gasteiger partial charge in [0.25, 0.3) is 0 Å². The van der Waals surface area contributed by atoms with E-state index in [0.717, 1.165) is 21.4 Å². The number of nitrogens with zero attached hydrogens (tertiary/aromatic N) is 2. The zero-order chi connectivity index (χ0) is 14.6. The molecule has 0 saturated carbocycles. The summed E-state index contributed by atoms with van der Waals surface area (Å²) in [5, 5.41) is 0. The van der Waals surface area contributed by atoms with E-state index in [2.05, 4.69) is 27.5 Å². The van der Waals surface area contributed by atoms with Gasteiger partial charge in [-0.15, -0.1) is 6.58 Å². The molecule has 2 heterocycles. The molecule has 0 unspecified atom stereocenters. The first kappa shape index (κ1) is 12.5. The summed E-state index contributed by atoms with van der Waals surface area (Å²) in [6.07, 6.45) is 1.86. The van der Waals surface area contributed by atoms with Crippen molar-refractivity contribution >= 4 is 38.9 Å². The first-order valence-electron chi connectivity index (χ1n) is 6.64. The summed E-state index contributed by atoms with van der Waals surface area (Å²) in [5.74, 6) is 0.444. The van der Waals surface area contributed by atoms with Crippen LogP contribution >= 0.6 is 15.9 Å². The van der Waals surface area contributed by atoms with Crippen molar-refractivity contribution in [2.24, 2.45) is 4.99 Å². The molecule has 2 aromatic rings. The van der Waals surface area contributed by atoms with E-state index in [4.69, 9.17) is 0 Å². The number of rotatable bonds is 1. The minimum absolute atomic E-state index is 0.0346. The highest BCUT2D eigenvalue weighted by Gasteiger charge is 2.40. The number of aliphatic imine (C=N–C) groups is 1. The molecule has 0 saturated heterocycles. The fourth-order valence-corrected chi connectivity index (χ4v) is 3.32. The Labute approximate surface area is 130 Å². The van der Waals surface area contributed by atoms with Gasteiger partial charge in [-0.25, -0.2) is 4.99 Å². The van der Waals surface area contributed by atoms with Gasteiger partial charge >= 0.3 is 0 Å². The number of Topliss-reactive ketones (excluding diaryl/α,β-unsaturated/α-hetero) is 1. The summed E-state index contributed by atoms with van der Waals surface area (Å²) in [4.78, 5) is 19.2. The third-order valence-corrected chi connectivity index (χ3v) is 4.37. The van der Waals surface area contributed by atoms with E-state index in [-0.39, 0.29) is 11.8 Å². The maximum absolute atomic E-state index is 12.6. The molecule has 21 heavy (non-hydrogen) atoms. The van der Waals surface area contributed by atoms with E-state index in [9.17, 15) is 4.79 Å². The van der Waals surface area contributed by atoms with E-state index in [1.54, 1.807) is 0 Å². The van der Waals surface area contributed by atoms with Gasteiger partial charge in [0.1, 0.15) is 0 Å². The van der Waals surface area contributed by atoms with Crippen LogP contribution in [0.15, 0.2) is 64.6 Å². The topological polar surface area (TPSA) is 32.7 Å². The van der Waals surface area contributed by atoms with E-state index in [0.29, 0.717) is 11.4 Å². The normalized spacial score (nSPS) is 18.7. The predicted molar refractivity (Wildman–Crippen MR) is 87.4 cm³/mol. The SMILES string of the molecule is C=C[C@H]1c2ccccc2N=C2C(=O)c3cc(Br)ccc3N21. The van der Waals surface area contributed by atoms with Gasteiger partial charge in [-0.05, 0) is 24.3 Å². The second kappa shape index (κ2) is 4.40. The Morgan fingerprint density at radius 2 is 2.05 bits per heavy atom. The van der Waals surface area contributed by atoms with Crippen LogP contribution in [0, 0.1) is 0 Å². The minimum Gasteiger partial charge on any atom is -0.311 e. The first-order chi connectivity index (χ1) is 10.2. The number of fused-ring (bicyclic) bond motifs is 4. The maximum atomic E-state index is 12.6. The molecule has 1 atom stereocenters. The summed E-state index contributed by atoms with van der Waals surface area (Å²) in [6, 6.07) is 13.5. The lowest BCUT2D eigenvalue weighted by Gasteiger charge is -2.32. The zero-order valence-electron chi connectivity index (χ0n) is 11.1. The number of hydrogen-bond acceptors (Lipinski definition) is 3. The molecule has 3 nitrogen and oxygen atoms in total. The van der Waals surface area contributed by atoms with Crippen molar-refractivity contribution < 1.29 is 4.79 Å². The standard InChI is InChI=1S/C17H11BrN2O/c1-2-14-11-5-3-4-6-13(11)19-17-16(21)12-9-10(18)7-8-15(12)20(14)17/h2-9,14H,1H2/t14-/m0/s1. The van der Waals surface area contributed by atoms with Crippen LogP contribution in [0.2, 0.25) is 0 Å². The molecule has 2 aliphatic rings. The Hall–Kier alpha value is -2.20. The van der Waals surface area contributed by atoms with Crippen molar-refractivity contribution in [1.29, 1.82) is 0 Å². The zero-order valence-corrected chi connectivity index (χ0v) is 12.7. The Morgan fingerprint density at radius 1 is 1.24 bits per heavy atom. The molecule has 0 N–H and O–H groups in total. The molecule has 4 heteroatoms. The minimum atomic E-state index is -0.0694. The molecular weight excluding hydrogens is 328 g/mol. The van der Waals surface area contributed by atoms with Crippen molar-refractivity contribution in [3.63, 3.8) is 0 Å². The smallest absolute Gasteiger partial charge is 0.230 e. The lowest BCUT2D eigenvalue weighted by atomic mass is 10.0. The average molecular weight is 339 g/mol. The highest BCUT2D eigenvalue weighted by Crippen LogP contribution is 2.44. The molecule has 0 fully saturated rings. The fraction of sp³-hybridized carbons (Fsp3) is 0.0588. The third-order valence-electron chi connectivity index (χ3n) is 3.88. The number of amidine groups is 1. The van der Waals surface area contributed by atoms with Gasteiger partial charge in [-0.1, -0.05) is 40.2 Å². The third kappa shape index (κ3) is 1.66. The number of benzene rings is 2. The van der Waals surface area contributed by atoms with Gasteiger partial charge < -0.3 is 4.90 Å². The quantitative estimate of drug-likeness (QED) is 0.721. The number of anilines is 1. The maximum Gasteiger partial charge on any atom is 0.230 e. The Kier molecular flexibility index (Phi) is 2.62. The number of halogens is 1. The largest absolute Gasteiger partial charge is 0.311 e. The first-order valence-corrected chi connectivity index (χ1v) is 7.43. The van der Waals surface area contributed by atoms with E-state index < -0.39 is 0 Å². The summed E-state index contributed by atoms with van der Waals surface area (Å²) in [5.41, 5.74) is 3.48. The second-order valence-corrected chi connectivity index (χ2v) is 5.95. The van der Waals surface area contributed by atoms with E-state index in [1.807, 2.05) is 53.4 Å². The Bertz CT molecular complexity index is 825. The van der Waals surface area contributed by atoms with Crippen LogP contribution in [0.1, 0.15) is 22.0 Å². The molecule has 0 bridgehead atoms. The van der Waals surface area contributed by atoms with Gasteiger partial charge in [0.2, 0.25) is 5.78 Å². The Morgan fingerprint density at radius 3 is 2.86 bits per heavy atom. The van der Waals surface area contributed by atoms with Gasteiger partial charge in [0.05, 0.1) is 23.0 Å². The molecule has 4 rings (SSSR count). The number of para-hydroxylation sites is 1. The van der Waals surface area contributed by atoms with Gasteiger partial charge in [-0.3, -0.25) is 4.79 Å². The lowest BCUT2D eigenvalue weighted by Crippen LogP contribution is -2.35. The van der Waals surface area contributed by atoms with Crippen molar-refractivity contribution in [3.05, 3.63) is 70.7 Å². The number of ketones is 1. The van der Waals surface area contributed by atoms with Crippen LogP contribution in [0.25, 0.3) is 0 Å². The van der Waals surface area contributed by atoms with E-state index in [1.165, 1.54) is 0 Å². The molecule has 102 valence electrons. The van der Waals surface area contributed by atoms with Crippen LogP contribution < -0.4 is 4.90 Å². The van der Waals surface area contributed by atoms with Crippen molar-refractivity contribution in [2.75, 3.05) is 4.90 Å². The average Bonchev–Trinajstić information content (AvgIpc) is 2.78. The molecule has 0 spiro atoms. The molecule has 0 amide bonds. The number of carbonyl (C=O) groups is 1. The molecule has 0 aliphatic carbocycles. The highest BCUT2D eigenvalue weighted by molar-refractivity contribution is 9.10. The molecular formula is C17H11BrN2O. The lowest BCUT2D eigenvalue weighted by molar-refractivity contribution is 0.106. The van der Waals surface area contributed by atoms with Gasteiger partial charge in [-0.2, -0.15) is 0 Å². The van der Waals surface area contributed by atoms with Gasteiger partial charge in [0.15, 0.2) is 5.84 Å². The summed E-state index contributed by atoms with van der Waals surface area (Å²) in [6.45, 7) is 3.94. The number of hydrogen-bond donors (Lipinski definition) is 0. The second-order valence-electron chi connectivity index (χ2n) is 5.04. The van der Waals surface area contributed by atoms with Gasteiger partial charge in [0, 0.05) is 10.0 Å². The van der Waals surface area contributed by atoms with Crippen LogP contribution in [0.5, 0.6) is 0 Å². The van der Waals surface area contributed by atoms with Crippen molar-refractivity contribution in [2.45, 2.75) is 6.04 Å². The fourth-order valence-electron chi connectivity index (χ4n) is 2.96. The predicted octanol–water partition coefficient (Wildman–Crippen LogP) is 4.42. The molecule has 2 aromatic carbocycles. The summed E-state index contributed by atoms with van der Waals surface area (Å²) >= 11 is 3.42. The summed E-state index contributed by atoms with van der Waals surface area (Å²) < 4.78 is 0.891.